The lowest BCUT2D eigenvalue weighted by atomic mass is 10.0. The van der Waals surface area contributed by atoms with Crippen molar-refractivity contribution in [2.45, 2.75) is 19.3 Å². The smallest absolute Gasteiger partial charge is 0.159 e. The zero-order chi connectivity index (χ0) is 20.8. The van der Waals surface area contributed by atoms with Gasteiger partial charge in [0.25, 0.3) is 0 Å². The molecular weight excluding hydrogens is 393 g/mol. The summed E-state index contributed by atoms with van der Waals surface area (Å²) in [6.07, 6.45) is 8.67. The molecule has 7 nitrogen and oxygen atoms in total. The molecule has 0 spiro atoms. The second-order valence-electron chi connectivity index (χ2n) is 7.83. The van der Waals surface area contributed by atoms with Gasteiger partial charge >= 0.3 is 0 Å². The molecule has 1 aromatic carbocycles. The molecule has 0 unspecified atom stereocenters. The topological polar surface area (TPSA) is 86.4 Å². The Bertz CT molecular complexity index is 1380. The van der Waals surface area contributed by atoms with Gasteiger partial charge in [0.1, 0.15) is 17.0 Å². The summed E-state index contributed by atoms with van der Waals surface area (Å²) in [7, 11) is 0. The van der Waals surface area contributed by atoms with Crippen LogP contribution in [-0.2, 0) is 0 Å². The molecule has 154 valence electrons. The van der Waals surface area contributed by atoms with Crippen LogP contribution in [0.3, 0.4) is 0 Å². The van der Waals surface area contributed by atoms with Crippen molar-refractivity contribution >= 4 is 27.8 Å². The van der Waals surface area contributed by atoms with Gasteiger partial charge in [0.2, 0.25) is 0 Å². The predicted molar refractivity (Wildman–Crippen MR) is 118 cm³/mol. The van der Waals surface area contributed by atoms with Gasteiger partial charge in [0.05, 0.1) is 16.4 Å². The Morgan fingerprint density at radius 1 is 0.968 bits per heavy atom. The molecule has 5 aromatic rings. The average Bonchev–Trinajstić information content (AvgIpc) is 3.45. The van der Waals surface area contributed by atoms with Crippen LogP contribution in [0, 0.1) is 5.82 Å². The van der Waals surface area contributed by atoms with Gasteiger partial charge in [0, 0.05) is 42.8 Å². The van der Waals surface area contributed by atoms with E-state index in [9.17, 15) is 0 Å². The van der Waals surface area contributed by atoms with Crippen LogP contribution in [0.5, 0.6) is 0 Å². The number of halogens is 1. The second-order valence-corrected chi connectivity index (χ2v) is 7.83. The van der Waals surface area contributed by atoms with E-state index < -0.39 is 0 Å². The van der Waals surface area contributed by atoms with Crippen LogP contribution in [0.1, 0.15) is 19.3 Å². The number of anilines is 1. The molecule has 0 bridgehead atoms. The zero-order valence-corrected chi connectivity index (χ0v) is 16.8. The van der Waals surface area contributed by atoms with Gasteiger partial charge in [-0.25, -0.2) is 14.4 Å². The third-order valence-electron chi connectivity index (χ3n) is 5.90. The summed E-state index contributed by atoms with van der Waals surface area (Å²) in [5.74, 6) is 1.05. The van der Waals surface area contributed by atoms with Crippen molar-refractivity contribution in [3.8, 4) is 22.6 Å². The van der Waals surface area contributed by atoms with Crippen molar-refractivity contribution in [1.82, 2.24) is 30.1 Å². The first-order chi connectivity index (χ1) is 15.3. The number of aromatic amines is 2. The fraction of sp³-hybridized carbons (Fsp3) is 0.217. The second kappa shape index (κ2) is 7.16. The minimum Gasteiger partial charge on any atom is -0.355 e. The molecule has 8 heteroatoms. The number of H-pyrrole nitrogens is 2. The number of hydrogen-bond donors (Lipinski definition) is 2. The van der Waals surface area contributed by atoms with Gasteiger partial charge < -0.3 is 9.88 Å². The highest BCUT2D eigenvalue weighted by atomic mass is 19.1. The molecule has 1 saturated heterocycles. The van der Waals surface area contributed by atoms with E-state index in [1.807, 2.05) is 18.2 Å². The highest BCUT2D eigenvalue weighted by Crippen LogP contribution is 2.34. The van der Waals surface area contributed by atoms with Crippen molar-refractivity contribution < 1.29 is 4.39 Å². The Balaban J connectivity index is 1.51. The molecule has 4 aromatic heterocycles. The molecule has 0 aliphatic carbocycles. The van der Waals surface area contributed by atoms with Crippen LogP contribution in [-0.4, -0.2) is 43.2 Å². The van der Waals surface area contributed by atoms with Crippen molar-refractivity contribution in [2.75, 3.05) is 18.0 Å². The minimum atomic E-state index is -0.343. The highest BCUT2D eigenvalue weighted by molar-refractivity contribution is 5.97. The molecule has 31 heavy (non-hydrogen) atoms. The summed E-state index contributed by atoms with van der Waals surface area (Å²) >= 11 is 0. The Kier molecular flexibility index (Phi) is 4.15. The number of pyridine rings is 2. The Labute approximate surface area is 177 Å². The zero-order valence-electron chi connectivity index (χ0n) is 16.8. The van der Waals surface area contributed by atoms with Gasteiger partial charge in [-0.3, -0.25) is 10.1 Å². The summed E-state index contributed by atoms with van der Waals surface area (Å²) < 4.78 is 15.6. The molecule has 0 radical (unpaired) electrons. The highest BCUT2D eigenvalue weighted by Gasteiger charge is 2.22. The van der Waals surface area contributed by atoms with E-state index in [1.54, 1.807) is 30.7 Å². The lowest BCUT2D eigenvalue weighted by Gasteiger charge is -2.27. The molecule has 1 fully saturated rings. The molecular formula is C23H20FN7. The number of piperidine rings is 1. The van der Waals surface area contributed by atoms with Crippen LogP contribution in [0.4, 0.5) is 10.2 Å². The summed E-state index contributed by atoms with van der Waals surface area (Å²) in [5.41, 5.74) is 3.93. The lowest BCUT2D eigenvalue weighted by molar-refractivity contribution is 0.574. The number of imidazole rings is 1. The molecule has 0 atom stereocenters. The number of rotatable bonds is 3. The van der Waals surface area contributed by atoms with Crippen molar-refractivity contribution in [3.05, 3.63) is 54.7 Å². The molecule has 0 amide bonds. The minimum absolute atomic E-state index is 0.343. The summed E-state index contributed by atoms with van der Waals surface area (Å²) in [5, 5.41) is 7.74. The van der Waals surface area contributed by atoms with Gasteiger partial charge in [-0.05, 0) is 43.5 Å². The molecule has 6 rings (SSSR count). The number of hydrogen-bond acceptors (Lipinski definition) is 5. The van der Waals surface area contributed by atoms with Crippen molar-refractivity contribution in [2.24, 2.45) is 0 Å². The fourth-order valence-corrected chi connectivity index (χ4v) is 4.36. The fourth-order valence-electron chi connectivity index (χ4n) is 4.36. The SMILES string of the molecule is Fc1c(-c2cccnc2)ccc2[nH]nc(-c3nc4c(N5CCCCC5)nccc4[nH]3)c12. The number of nitrogens with one attached hydrogen (secondary N) is 2. The van der Waals surface area contributed by atoms with E-state index in [0.717, 1.165) is 48.3 Å². The van der Waals surface area contributed by atoms with Gasteiger partial charge in [-0.15, -0.1) is 0 Å². The van der Waals surface area contributed by atoms with E-state index in [1.165, 1.54) is 6.42 Å². The molecule has 1 aliphatic rings. The molecule has 0 saturated carbocycles. The van der Waals surface area contributed by atoms with Crippen LogP contribution in [0.15, 0.2) is 48.9 Å². The van der Waals surface area contributed by atoms with Crippen molar-refractivity contribution in [3.63, 3.8) is 0 Å². The quantitative estimate of drug-likeness (QED) is 0.448. The van der Waals surface area contributed by atoms with E-state index in [4.69, 9.17) is 4.98 Å². The maximum Gasteiger partial charge on any atom is 0.159 e. The standard InChI is InChI=1S/C23H20FN7/c24-19-15(14-5-4-9-25-13-14)6-7-16-18(19)21(30-29-16)22-27-17-8-10-26-23(20(17)28-22)31-11-2-1-3-12-31/h4-10,13H,1-3,11-12H2,(H,27,28)(H,29,30). The third-order valence-corrected chi connectivity index (χ3v) is 5.90. The van der Waals surface area contributed by atoms with Crippen LogP contribution in [0.2, 0.25) is 0 Å². The number of nitrogens with zero attached hydrogens (tertiary/aromatic N) is 5. The van der Waals surface area contributed by atoms with Crippen LogP contribution in [0.25, 0.3) is 44.6 Å². The normalized spacial score (nSPS) is 14.5. The largest absolute Gasteiger partial charge is 0.355 e. The molecule has 2 N–H and O–H groups in total. The van der Waals surface area contributed by atoms with Gasteiger partial charge in [-0.1, -0.05) is 6.07 Å². The van der Waals surface area contributed by atoms with Crippen LogP contribution < -0.4 is 4.90 Å². The summed E-state index contributed by atoms with van der Waals surface area (Å²) in [6, 6.07) is 9.11. The van der Waals surface area contributed by atoms with Crippen molar-refractivity contribution in [1.29, 1.82) is 0 Å². The predicted octanol–water partition coefficient (Wildman–Crippen LogP) is 4.69. The van der Waals surface area contributed by atoms with E-state index >= 15 is 4.39 Å². The average molecular weight is 413 g/mol. The first-order valence-electron chi connectivity index (χ1n) is 10.5. The summed E-state index contributed by atoms with van der Waals surface area (Å²) in [6.45, 7) is 1.95. The number of fused-ring (bicyclic) bond motifs is 2. The monoisotopic (exact) mass is 413 g/mol. The maximum atomic E-state index is 15.6. The first kappa shape index (κ1) is 18.0. The first-order valence-corrected chi connectivity index (χ1v) is 10.5. The molecule has 5 heterocycles. The maximum absolute atomic E-state index is 15.6. The molecule has 1 aliphatic heterocycles. The summed E-state index contributed by atoms with van der Waals surface area (Å²) in [4.78, 5) is 19.1. The van der Waals surface area contributed by atoms with E-state index in [0.29, 0.717) is 28.0 Å². The third kappa shape index (κ3) is 2.94. The van der Waals surface area contributed by atoms with Gasteiger partial charge in [-0.2, -0.15) is 5.10 Å². The van der Waals surface area contributed by atoms with Gasteiger partial charge in [0.15, 0.2) is 11.6 Å². The Hall–Kier alpha value is -3.81. The van der Waals surface area contributed by atoms with Crippen LogP contribution >= 0.6 is 0 Å². The van der Waals surface area contributed by atoms with E-state index in [2.05, 4.69) is 30.0 Å². The Morgan fingerprint density at radius 2 is 1.87 bits per heavy atom. The van der Waals surface area contributed by atoms with E-state index in [-0.39, 0.29) is 5.82 Å². The Morgan fingerprint density at radius 3 is 2.71 bits per heavy atom. The number of benzene rings is 1. The number of aromatic nitrogens is 6. The lowest BCUT2D eigenvalue weighted by Crippen LogP contribution is -2.30.